The van der Waals surface area contributed by atoms with Gasteiger partial charge in [-0.05, 0) is 72.2 Å². The van der Waals surface area contributed by atoms with Gasteiger partial charge in [0.1, 0.15) is 11.3 Å². The fraction of sp³-hybridized carbons (Fsp3) is 0.562. The van der Waals surface area contributed by atoms with Crippen LogP contribution in [0.4, 0.5) is 0 Å². The number of halogens is 1. The molecule has 2 aliphatic rings. The first-order chi connectivity index (χ1) is 9.64. The summed E-state index contributed by atoms with van der Waals surface area (Å²) in [6.07, 6.45) is 7.36. The lowest BCUT2D eigenvalue weighted by molar-refractivity contribution is 0.178. The maximum atomic E-state index is 10.7. The van der Waals surface area contributed by atoms with Crippen LogP contribution >= 0.6 is 15.9 Å². The van der Waals surface area contributed by atoms with Gasteiger partial charge in [0.05, 0.1) is 11.1 Å². The number of hydrogen-bond acceptors (Lipinski definition) is 3. The molecular formula is C16H18BrNO2. The predicted octanol–water partition coefficient (Wildman–Crippen LogP) is 4.26. The Hall–Kier alpha value is -1.12. The molecule has 0 N–H and O–H groups in total. The Morgan fingerprint density at radius 1 is 1.45 bits per heavy atom. The first-order valence-electron chi connectivity index (χ1n) is 7.17. The number of rotatable bonds is 5. The molecule has 1 aromatic carbocycles. The van der Waals surface area contributed by atoms with Gasteiger partial charge in [0.15, 0.2) is 0 Å². The van der Waals surface area contributed by atoms with Gasteiger partial charge in [0.2, 0.25) is 6.08 Å². The van der Waals surface area contributed by atoms with E-state index >= 15 is 0 Å². The fourth-order valence-electron chi connectivity index (χ4n) is 2.73. The highest BCUT2D eigenvalue weighted by atomic mass is 79.9. The molecule has 1 aromatic rings. The molecule has 0 amide bonds. The lowest BCUT2D eigenvalue weighted by Crippen LogP contribution is -2.20. The zero-order valence-electron chi connectivity index (χ0n) is 11.6. The van der Waals surface area contributed by atoms with Gasteiger partial charge in [0.25, 0.3) is 0 Å². The Morgan fingerprint density at radius 2 is 2.20 bits per heavy atom. The average molecular weight is 336 g/mol. The van der Waals surface area contributed by atoms with Crippen LogP contribution in [0.25, 0.3) is 0 Å². The molecule has 2 saturated carbocycles. The summed E-state index contributed by atoms with van der Waals surface area (Å²) < 4.78 is 7.02. The van der Waals surface area contributed by atoms with E-state index in [0.717, 1.165) is 40.8 Å². The summed E-state index contributed by atoms with van der Waals surface area (Å²) in [5.41, 5.74) is 1.80. The predicted molar refractivity (Wildman–Crippen MR) is 80.7 cm³/mol. The number of aryl methyl sites for hydroxylation is 1. The van der Waals surface area contributed by atoms with Gasteiger partial charge in [-0.15, -0.1) is 0 Å². The summed E-state index contributed by atoms with van der Waals surface area (Å²) in [4.78, 5) is 14.7. The highest BCUT2D eigenvalue weighted by Crippen LogP contribution is 2.54. The molecule has 0 bridgehead atoms. The largest absolute Gasteiger partial charge is 0.492 e. The molecule has 20 heavy (non-hydrogen) atoms. The number of carbonyl (C=O) groups excluding carboxylic acids is 1. The lowest BCUT2D eigenvalue weighted by Gasteiger charge is -2.27. The van der Waals surface area contributed by atoms with Crippen LogP contribution in [0.1, 0.15) is 43.2 Å². The van der Waals surface area contributed by atoms with Crippen molar-refractivity contribution in [3.05, 3.63) is 27.7 Å². The summed E-state index contributed by atoms with van der Waals surface area (Å²) in [5.74, 6) is 1.54. The van der Waals surface area contributed by atoms with Crippen LogP contribution in [-0.4, -0.2) is 12.7 Å². The molecular weight excluding hydrogens is 318 g/mol. The third-order valence-corrected chi connectivity index (χ3v) is 4.95. The molecule has 0 unspecified atom stereocenters. The Morgan fingerprint density at radius 3 is 2.75 bits per heavy atom. The molecule has 3 nitrogen and oxygen atoms in total. The fourth-order valence-corrected chi connectivity index (χ4v) is 3.42. The van der Waals surface area contributed by atoms with Crippen LogP contribution < -0.4 is 4.74 Å². The molecule has 0 aromatic heterocycles. The number of hydrogen-bond donors (Lipinski definition) is 0. The molecule has 0 heterocycles. The maximum absolute atomic E-state index is 10.7. The van der Waals surface area contributed by atoms with Crippen molar-refractivity contribution >= 4 is 22.0 Å². The Balaban J connectivity index is 1.92. The van der Waals surface area contributed by atoms with Crippen molar-refractivity contribution in [2.24, 2.45) is 10.9 Å². The minimum absolute atomic E-state index is 0.384. The van der Waals surface area contributed by atoms with Crippen LogP contribution in [0.3, 0.4) is 0 Å². The molecule has 2 aliphatic carbocycles. The highest BCUT2D eigenvalue weighted by molar-refractivity contribution is 9.10. The summed E-state index contributed by atoms with van der Waals surface area (Å²) in [5, 5.41) is 0. The van der Waals surface area contributed by atoms with Gasteiger partial charge in [-0.2, -0.15) is 4.99 Å². The third-order valence-electron chi connectivity index (χ3n) is 4.36. The number of nitrogens with zero attached hydrogens (tertiary/aromatic N) is 1. The molecule has 0 radical (unpaired) electrons. The molecule has 0 saturated heterocycles. The van der Waals surface area contributed by atoms with E-state index in [1.807, 2.05) is 6.92 Å². The van der Waals surface area contributed by atoms with Gasteiger partial charge < -0.3 is 4.74 Å². The van der Waals surface area contributed by atoms with E-state index in [1.54, 1.807) is 6.08 Å². The Kier molecular flexibility index (Phi) is 3.70. The summed E-state index contributed by atoms with van der Waals surface area (Å²) in [6, 6.07) is 4.15. The van der Waals surface area contributed by atoms with Gasteiger partial charge >= 0.3 is 0 Å². The van der Waals surface area contributed by atoms with Gasteiger partial charge in [-0.25, -0.2) is 4.79 Å². The normalized spacial score (nSPS) is 19.9. The van der Waals surface area contributed by atoms with Crippen molar-refractivity contribution in [2.45, 2.75) is 44.6 Å². The third kappa shape index (κ3) is 2.55. The van der Waals surface area contributed by atoms with Crippen LogP contribution in [0.2, 0.25) is 0 Å². The second-order valence-electron chi connectivity index (χ2n) is 5.97. The van der Waals surface area contributed by atoms with Crippen molar-refractivity contribution in [3.8, 4) is 5.75 Å². The molecule has 3 rings (SSSR count). The SMILES string of the molecule is Cc1cc(Br)c(OCC2CCC2)c(C2(N=C=O)CC2)c1. The summed E-state index contributed by atoms with van der Waals surface area (Å²) in [7, 11) is 0. The molecule has 2 fully saturated rings. The van der Waals surface area contributed by atoms with Crippen molar-refractivity contribution in [2.75, 3.05) is 6.61 Å². The first-order valence-corrected chi connectivity index (χ1v) is 7.96. The molecule has 106 valence electrons. The number of isocyanates is 1. The summed E-state index contributed by atoms with van der Waals surface area (Å²) >= 11 is 3.59. The average Bonchev–Trinajstić information content (AvgIpc) is 3.10. The first kappa shape index (κ1) is 13.8. The van der Waals surface area contributed by atoms with E-state index in [2.05, 4.69) is 33.1 Å². The highest BCUT2D eigenvalue weighted by Gasteiger charge is 2.47. The second kappa shape index (κ2) is 5.34. The standard InChI is InChI=1S/C16H18BrNO2/c1-11-7-13(16(5-6-16)18-10-19)15(14(17)8-11)20-9-12-3-2-4-12/h7-8,12H,2-6,9H2,1H3. The number of aliphatic imine (C=N–C) groups is 1. The van der Waals surface area contributed by atoms with E-state index in [9.17, 15) is 4.79 Å². The summed E-state index contributed by atoms with van der Waals surface area (Å²) in [6.45, 7) is 2.81. The van der Waals surface area contributed by atoms with Crippen LogP contribution in [0, 0.1) is 12.8 Å². The van der Waals surface area contributed by atoms with E-state index in [0.29, 0.717) is 5.92 Å². The quantitative estimate of drug-likeness (QED) is 0.595. The Labute approximate surface area is 127 Å². The van der Waals surface area contributed by atoms with E-state index in [-0.39, 0.29) is 5.54 Å². The lowest BCUT2D eigenvalue weighted by atomic mass is 9.86. The van der Waals surface area contributed by atoms with Crippen molar-refractivity contribution in [1.82, 2.24) is 0 Å². The number of benzene rings is 1. The zero-order valence-corrected chi connectivity index (χ0v) is 13.2. The minimum atomic E-state index is -0.384. The molecule has 0 aliphatic heterocycles. The number of ether oxygens (including phenoxy) is 1. The van der Waals surface area contributed by atoms with E-state index in [1.165, 1.54) is 19.3 Å². The maximum Gasteiger partial charge on any atom is 0.235 e. The van der Waals surface area contributed by atoms with Crippen LogP contribution in [0.15, 0.2) is 21.6 Å². The topological polar surface area (TPSA) is 38.7 Å². The zero-order chi connectivity index (χ0) is 14.2. The van der Waals surface area contributed by atoms with Crippen molar-refractivity contribution < 1.29 is 9.53 Å². The van der Waals surface area contributed by atoms with Crippen molar-refractivity contribution in [1.29, 1.82) is 0 Å². The molecule has 0 atom stereocenters. The Bertz CT molecular complexity index is 570. The second-order valence-corrected chi connectivity index (χ2v) is 6.82. The van der Waals surface area contributed by atoms with Gasteiger partial charge in [0, 0.05) is 5.56 Å². The molecule has 4 heteroatoms. The molecule has 0 spiro atoms. The van der Waals surface area contributed by atoms with E-state index in [4.69, 9.17) is 4.74 Å². The van der Waals surface area contributed by atoms with Crippen LogP contribution in [-0.2, 0) is 10.3 Å². The van der Waals surface area contributed by atoms with Crippen LogP contribution in [0.5, 0.6) is 5.75 Å². The van der Waals surface area contributed by atoms with Crippen molar-refractivity contribution in [3.63, 3.8) is 0 Å². The monoisotopic (exact) mass is 335 g/mol. The van der Waals surface area contributed by atoms with Gasteiger partial charge in [-0.3, -0.25) is 0 Å². The minimum Gasteiger partial charge on any atom is -0.492 e. The van der Waals surface area contributed by atoms with E-state index < -0.39 is 0 Å². The smallest absolute Gasteiger partial charge is 0.235 e. The van der Waals surface area contributed by atoms with Gasteiger partial charge in [-0.1, -0.05) is 6.42 Å².